The van der Waals surface area contributed by atoms with Crippen LogP contribution in [0.5, 0.6) is 6.01 Å². The third-order valence-electron chi connectivity index (χ3n) is 3.13. The molecule has 2 aromatic heterocycles. The van der Waals surface area contributed by atoms with Gasteiger partial charge in [0.25, 0.3) is 6.43 Å². The van der Waals surface area contributed by atoms with Crippen LogP contribution in [-0.2, 0) is 6.61 Å². The van der Waals surface area contributed by atoms with Gasteiger partial charge in [0, 0.05) is 12.4 Å². The summed E-state index contributed by atoms with van der Waals surface area (Å²) in [4.78, 5) is 7.97. The summed E-state index contributed by atoms with van der Waals surface area (Å²) in [5.74, 6) is -0.964. The van der Waals surface area contributed by atoms with Crippen LogP contribution in [0.2, 0.25) is 0 Å². The summed E-state index contributed by atoms with van der Waals surface area (Å²) >= 11 is 0. The minimum Gasteiger partial charge on any atom is -0.457 e. The van der Waals surface area contributed by atoms with Crippen LogP contribution in [0.15, 0.2) is 36.8 Å². The van der Waals surface area contributed by atoms with Crippen molar-refractivity contribution < 1.29 is 17.9 Å². The largest absolute Gasteiger partial charge is 0.457 e. The summed E-state index contributed by atoms with van der Waals surface area (Å²) < 4.78 is 45.4. The number of nitrogens with zero attached hydrogens (tertiary/aromatic N) is 5. The molecule has 0 saturated heterocycles. The number of hydrogen-bond acceptors (Lipinski definition) is 5. The minimum atomic E-state index is -2.91. The Morgan fingerprint density at radius 2 is 1.96 bits per heavy atom. The fourth-order valence-electron chi connectivity index (χ4n) is 1.93. The number of hydrogen-bond donors (Lipinski definition) is 0. The van der Waals surface area contributed by atoms with Crippen LogP contribution >= 0.6 is 0 Å². The summed E-state index contributed by atoms with van der Waals surface area (Å²) in [5, 5.41) is 7.69. The van der Waals surface area contributed by atoms with E-state index in [1.54, 1.807) is 12.4 Å². The van der Waals surface area contributed by atoms with E-state index >= 15 is 0 Å². The van der Waals surface area contributed by atoms with Gasteiger partial charge in [-0.25, -0.2) is 27.8 Å². The monoisotopic (exact) mass is 335 g/mol. The molecule has 124 valence electrons. The van der Waals surface area contributed by atoms with Gasteiger partial charge < -0.3 is 4.74 Å². The lowest BCUT2D eigenvalue weighted by Gasteiger charge is -2.05. The first-order valence-electron chi connectivity index (χ1n) is 6.93. The van der Waals surface area contributed by atoms with Crippen molar-refractivity contribution in [3.63, 3.8) is 0 Å². The lowest BCUT2D eigenvalue weighted by atomic mass is 10.2. The summed E-state index contributed by atoms with van der Waals surface area (Å²) in [6.45, 7) is 1.91. The Kier molecular flexibility index (Phi) is 4.41. The number of aromatic nitrogens is 5. The molecular weight excluding hydrogens is 323 g/mol. The van der Waals surface area contributed by atoms with Gasteiger partial charge in [-0.05, 0) is 30.7 Å². The molecule has 0 atom stereocenters. The van der Waals surface area contributed by atoms with Crippen molar-refractivity contribution in [1.82, 2.24) is 25.0 Å². The van der Waals surface area contributed by atoms with E-state index in [4.69, 9.17) is 4.74 Å². The number of ether oxygens (including phenoxy) is 1. The number of benzene rings is 1. The molecule has 0 unspecified atom stereocenters. The smallest absolute Gasteiger partial charge is 0.316 e. The SMILES string of the molecule is Cc1cnc(OCc2cn(-c3ccc(F)c(C(F)F)c3)nn2)nc1. The van der Waals surface area contributed by atoms with Gasteiger partial charge >= 0.3 is 6.01 Å². The van der Waals surface area contributed by atoms with E-state index in [0.29, 0.717) is 5.69 Å². The van der Waals surface area contributed by atoms with Crippen LogP contribution in [0.25, 0.3) is 5.69 Å². The highest BCUT2D eigenvalue weighted by Crippen LogP contribution is 2.24. The Balaban J connectivity index is 1.73. The van der Waals surface area contributed by atoms with Crippen LogP contribution < -0.4 is 4.74 Å². The fraction of sp³-hybridized carbons (Fsp3) is 0.200. The van der Waals surface area contributed by atoms with Gasteiger partial charge in [0.05, 0.1) is 17.4 Å². The van der Waals surface area contributed by atoms with Crippen molar-refractivity contribution in [3.05, 3.63) is 59.4 Å². The zero-order chi connectivity index (χ0) is 17.1. The molecule has 3 aromatic rings. The maximum absolute atomic E-state index is 13.3. The van der Waals surface area contributed by atoms with E-state index in [1.165, 1.54) is 16.9 Å². The summed E-state index contributed by atoms with van der Waals surface area (Å²) in [7, 11) is 0. The molecule has 0 aliphatic heterocycles. The van der Waals surface area contributed by atoms with E-state index in [1.807, 2.05) is 6.92 Å². The van der Waals surface area contributed by atoms with E-state index < -0.39 is 17.8 Å². The first kappa shape index (κ1) is 15.9. The van der Waals surface area contributed by atoms with Crippen molar-refractivity contribution in [2.75, 3.05) is 0 Å². The minimum absolute atomic E-state index is 0.0615. The van der Waals surface area contributed by atoms with Crippen LogP contribution in [0.1, 0.15) is 23.2 Å². The zero-order valence-corrected chi connectivity index (χ0v) is 12.5. The molecular formula is C15H12F3N5O. The molecule has 0 N–H and O–H groups in total. The molecule has 0 spiro atoms. The third kappa shape index (κ3) is 3.50. The lowest BCUT2D eigenvalue weighted by molar-refractivity contribution is 0.146. The standard InChI is InChI=1S/C15H12F3N5O/c1-9-5-19-15(20-6-9)24-8-10-7-23(22-21-10)11-2-3-13(16)12(4-11)14(17)18/h2-7,14H,8H2,1H3. The summed E-state index contributed by atoms with van der Waals surface area (Å²) in [6, 6.07) is 3.53. The van der Waals surface area contributed by atoms with Crippen LogP contribution in [0.4, 0.5) is 13.2 Å². The van der Waals surface area contributed by atoms with Crippen molar-refractivity contribution in [2.45, 2.75) is 20.0 Å². The molecule has 6 nitrogen and oxygen atoms in total. The Morgan fingerprint density at radius 3 is 2.67 bits per heavy atom. The average molecular weight is 335 g/mol. The van der Waals surface area contributed by atoms with Gasteiger partial charge in [-0.15, -0.1) is 5.10 Å². The van der Waals surface area contributed by atoms with Gasteiger partial charge in [0.15, 0.2) is 0 Å². The Labute approximate surface area is 134 Å². The third-order valence-corrected chi connectivity index (χ3v) is 3.13. The summed E-state index contributed by atoms with van der Waals surface area (Å²) in [6.07, 6.45) is 1.82. The Bertz CT molecular complexity index is 835. The molecule has 1 aromatic carbocycles. The number of rotatable bonds is 5. The first-order chi connectivity index (χ1) is 11.5. The van der Waals surface area contributed by atoms with Gasteiger partial charge in [0.2, 0.25) is 0 Å². The van der Waals surface area contributed by atoms with Crippen molar-refractivity contribution in [1.29, 1.82) is 0 Å². The van der Waals surface area contributed by atoms with E-state index in [2.05, 4.69) is 20.3 Å². The molecule has 0 aliphatic rings. The first-order valence-corrected chi connectivity index (χ1v) is 6.93. The highest BCUT2D eigenvalue weighted by atomic mass is 19.3. The van der Waals surface area contributed by atoms with Gasteiger partial charge in [-0.1, -0.05) is 5.21 Å². The maximum atomic E-state index is 13.3. The van der Waals surface area contributed by atoms with E-state index in [-0.39, 0.29) is 18.3 Å². The molecule has 2 heterocycles. The number of alkyl halides is 2. The Morgan fingerprint density at radius 1 is 1.21 bits per heavy atom. The molecule has 0 amide bonds. The van der Waals surface area contributed by atoms with E-state index in [0.717, 1.165) is 17.7 Å². The topological polar surface area (TPSA) is 65.7 Å². The lowest BCUT2D eigenvalue weighted by Crippen LogP contribution is -2.00. The van der Waals surface area contributed by atoms with Crippen molar-refractivity contribution in [2.24, 2.45) is 0 Å². The second kappa shape index (κ2) is 6.65. The molecule has 0 radical (unpaired) electrons. The van der Waals surface area contributed by atoms with Gasteiger partial charge in [0.1, 0.15) is 18.1 Å². The highest BCUT2D eigenvalue weighted by molar-refractivity contribution is 5.36. The molecule has 0 aliphatic carbocycles. The molecule has 0 fully saturated rings. The quantitative estimate of drug-likeness (QED) is 0.717. The van der Waals surface area contributed by atoms with Gasteiger partial charge in [-0.3, -0.25) is 0 Å². The zero-order valence-electron chi connectivity index (χ0n) is 12.5. The maximum Gasteiger partial charge on any atom is 0.316 e. The van der Waals surface area contributed by atoms with Crippen molar-refractivity contribution >= 4 is 0 Å². The fourth-order valence-corrected chi connectivity index (χ4v) is 1.93. The summed E-state index contributed by atoms with van der Waals surface area (Å²) in [5.41, 5.74) is 0.937. The molecule has 24 heavy (non-hydrogen) atoms. The predicted octanol–water partition coefficient (Wildman–Crippen LogP) is 3.02. The number of halogens is 3. The Hall–Kier alpha value is -2.97. The van der Waals surface area contributed by atoms with Crippen molar-refractivity contribution in [3.8, 4) is 11.7 Å². The number of aryl methyl sites for hydroxylation is 1. The second-order valence-electron chi connectivity index (χ2n) is 4.99. The van der Waals surface area contributed by atoms with Crippen LogP contribution in [-0.4, -0.2) is 25.0 Å². The van der Waals surface area contributed by atoms with Gasteiger partial charge in [-0.2, -0.15) is 0 Å². The molecule has 9 heteroatoms. The normalized spacial score (nSPS) is 11.0. The molecule has 3 rings (SSSR count). The second-order valence-corrected chi connectivity index (χ2v) is 4.99. The molecule has 0 saturated carbocycles. The predicted molar refractivity (Wildman–Crippen MR) is 77.4 cm³/mol. The van der Waals surface area contributed by atoms with Crippen LogP contribution in [0.3, 0.4) is 0 Å². The highest BCUT2D eigenvalue weighted by Gasteiger charge is 2.15. The van der Waals surface area contributed by atoms with Crippen LogP contribution in [0, 0.1) is 12.7 Å². The molecule has 0 bridgehead atoms. The van der Waals surface area contributed by atoms with E-state index in [9.17, 15) is 13.2 Å². The average Bonchev–Trinajstić information content (AvgIpc) is 3.03.